The van der Waals surface area contributed by atoms with Gasteiger partial charge in [0.25, 0.3) is 0 Å². The lowest BCUT2D eigenvalue weighted by Crippen LogP contribution is -2.16. The van der Waals surface area contributed by atoms with Crippen LogP contribution in [0.15, 0.2) is 42.5 Å². The predicted octanol–water partition coefficient (Wildman–Crippen LogP) is 2.95. The van der Waals surface area contributed by atoms with E-state index in [0.717, 1.165) is 11.3 Å². The van der Waals surface area contributed by atoms with Crippen LogP contribution in [-0.2, 0) is 6.54 Å². The highest BCUT2D eigenvalue weighted by atomic mass is 19.1. The maximum atomic E-state index is 13.6. The molecule has 0 aromatic heterocycles. The summed E-state index contributed by atoms with van der Waals surface area (Å²) in [6, 6.07) is 10.9. The van der Waals surface area contributed by atoms with Gasteiger partial charge in [-0.2, -0.15) is 0 Å². The molecule has 0 atom stereocenters. The second-order valence-corrected chi connectivity index (χ2v) is 4.61. The first-order valence-corrected chi connectivity index (χ1v) is 6.45. The molecule has 2 rings (SSSR count). The number of anilines is 1. The molecule has 0 aliphatic heterocycles. The number of aliphatic hydroxyl groups is 1. The zero-order valence-corrected chi connectivity index (χ0v) is 11.6. The van der Waals surface area contributed by atoms with Crippen molar-refractivity contribution in [1.82, 2.24) is 0 Å². The Kier molecular flexibility index (Phi) is 4.91. The van der Waals surface area contributed by atoms with E-state index in [1.54, 1.807) is 24.3 Å². The summed E-state index contributed by atoms with van der Waals surface area (Å²) in [5, 5.41) is 8.67. The average Bonchev–Trinajstić information content (AvgIpc) is 2.47. The molecular weight excluding hydrogens is 272 g/mol. The van der Waals surface area contributed by atoms with Gasteiger partial charge < -0.3 is 10.0 Å². The van der Waals surface area contributed by atoms with Gasteiger partial charge in [0, 0.05) is 19.3 Å². The summed E-state index contributed by atoms with van der Waals surface area (Å²) in [5.41, 5.74) is 1.84. The Bertz CT molecular complexity index is 689. The van der Waals surface area contributed by atoms with E-state index in [9.17, 15) is 8.78 Å². The van der Waals surface area contributed by atoms with Gasteiger partial charge in [-0.15, -0.1) is 0 Å². The summed E-state index contributed by atoms with van der Waals surface area (Å²) in [6.07, 6.45) is 0. The first-order valence-electron chi connectivity index (χ1n) is 6.45. The second kappa shape index (κ2) is 6.87. The third kappa shape index (κ3) is 4.04. The fourth-order valence-corrected chi connectivity index (χ4v) is 1.98. The molecule has 0 unspecified atom stereocenters. The van der Waals surface area contributed by atoms with Gasteiger partial charge >= 0.3 is 0 Å². The summed E-state index contributed by atoms with van der Waals surface area (Å²) in [4.78, 5) is 1.86. The zero-order chi connectivity index (χ0) is 15.2. The van der Waals surface area contributed by atoms with Gasteiger partial charge in [0.05, 0.1) is 5.56 Å². The molecule has 2 aromatic rings. The first kappa shape index (κ1) is 15.0. The van der Waals surface area contributed by atoms with Crippen LogP contribution in [0.3, 0.4) is 0 Å². The van der Waals surface area contributed by atoms with Crippen LogP contribution < -0.4 is 4.90 Å². The van der Waals surface area contributed by atoms with E-state index < -0.39 is 5.82 Å². The molecule has 21 heavy (non-hydrogen) atoms. The fraction of sp³-hybridized carbons (Fsp3) is 0.176. The van der Waals surface area contributed by atoms with Gasteiger partial charge in [-0.1, -0.05) is 24.0 Å². The van der Waals surface area contributed by atoms with Crippen molar-refractivity contribution in [3.8, 4) is 11.8 Å². The lowest BCUT2D eigenvalue weighted by Gasteiger charge is -2.19. The molecule has 0 aliphatic carbocycles. The number of hydrogen-bond acceptors (Lipinski definition) is 2. The average molecular weight is 287 g/mol. The van der Waals surface area contributed by atoms with E-state index in [2.05, 4.69) is 11.8 Å². The smallest absolute Gasteiger partial charge is 0.138 e. The van der Waals surface area contributed by atoms with Crippen molar-refractivity contribution in [2.75, 3.05) is 18.6 Å². The van der Waals surface area contributed by atoms with Gasteiger partial charge in [0.2, 0.25) is 0 Å². The monoisotopic (exact) mass is 287 g/mol. The van der Waals surface area contributed by atoms with Gasteiger partial charge in [0.1, 0.15) is 18.2 Å². The minimum atomic E-state index is -0.423. The van der Waals surface area contributed by atoms with Crippen LogP contribution in [0.1, 0.15) is 11.1 Å². The predicted molar refractivity (Wildman–Crippen MR) is 78.9 cm³/mol. The van der Waals surface area contributed by atoms with E-state index in [1.165, 1.54) is 18.2 Å². The van der Waals surface area contributed by atoms with Crippen molar-refractivity contribution in [3.63, 3.8) is 0 Å². The largest absolute Gasteiger partial charge is 0.384 e. The Hall–Kier alpha value is -2.38. The Morgan fingerprint density at radius 2 is 1.95 bits per heavy atom. The summed E-state index contributed by atoms with van der Waals surface area (Å²) >= 11 is 0. The number of nitrogens with zero attached hydrogens (tertiary/aromatic N) is 1. The highest BCUT2D eigenvalue weighted by molar-refractivity contribution is 5.47. The number of aliphatic hydroxyl groups excluding tert-OH is 1. The van der Waals surface area contributed by atoms with Gasteiger partial charge in [-0.3, -0.25) is 0 Å². The van der Waals surface area contributed by atoms with E-state index in [1.807, 2.05) is 11.9 Å². The molecule has 4 heteroatoms. The second-order valence-electron chi connectivity index (χ2n) is 4.61. The Balaban J connectivity index is 2.19. The van der Waals surface area contributed by atoms with E-state index in [4.69, 9.17) is 5.11 Å². The number of hydrogen-bond donors (Lipinski definition) is 1. The minimum absolute atomic E-state index is 0.245. The fourth-order valence-electron chi connectivity index (χ4n) is 1.98. The summed E-state index contributed by atoms with van der Waals surface area (Å²) < 4.78 is 26.8. The molecule has 0 fully saturated rings. The van der Waals surface area contributed by atoms with Crippen molar-refractivity contribution in [2.24, 2.45) is 0 Å². The van der Waals surface area contributed by atoms with E-state index >= 15 is 0 Å². The SMILES string of the molecule is CN(Cc1ccc(F)c(C#CCO)c1)c1cccc(F)c1. The topological polar surface area (TPSA) is 23.5 Å². The van der Waals surface area contributed by atoms with Crippen molar-refractivity contribution < 1.29 is 13.9 Å². The Morgan fingerprint density at radius 1 is 1.14 bits per heavy atom. The van der Waals surface area contributed by atoms with Crippen LogP contribution in [0, 0.1) is 23.5 Å². The molecule has 2 nitrogen and oxygen atoms in total. The van der Waals surface area contributed by atoms with Crippen molar-refractivity contribution >= 4 is 5.69 Å². The van der Waals surface area contributed by atoms with Crippen LogP contribution in [0.25, 0.3) is 0 Å². The number of halogens is 2. The van der Waals surface area contributed by atoms with Crippen molar-refractivity contribution in [1.29, 1.82) is 0 Å². The van der Waals surface area contributed by atoms with Crippen LogP contribution in [0.4, 0.5) is 14.5 Å². The molecule has 0 amide bonds. The molecule has 0 bridgehead atoms. The van der Waals surface area contributed by atoms with Crippen LogP contribution in [0.2, 0.25) is 0 Å². The van der Waals surface area contributed by atoms with E-state index in [0.29, 0.717) is 6.54 Å². The molecule has 0 aliphatic rings. The highest BCUT2D eigenvalue weighted by Crippen LogP contribution is 2.18. The van der Waals surface area contributed by atoms with Crippen LogP contribution >= 0.6 is 0 Å². The molecule has 108 valence electrons. The Labute approximate surface area is 122 Å². The van der Waals surface area contributed by atoms with E-state index in [-0.39, 0.29) is 18.0 Å². The molecule has 2 aromatic carbocycles. The third-order valence-electron chi connectivity index (χ3n) is 3.00. The summed E-state index contributed by atoms with van der Waals surface area (Å²) in [5.74, 6) is 4.28. The summed E-state index contributed by atoms with van der Waals surface area (Å²) in [7, 11) is 1.83. The molecule has 0 heterocycles. The Morgan fingerprint density at radius 3 is 2.67 bits per heavy atom. The van der Waals surface area contributed by atoms with Gasteiger partial charge in [-0.05, 0) is 35.9 Å². The molecule has 0 radical (unpaired) electrons. The van der Waals surface area contributed by atoms with Gasteiger partial charge in [0.15, 0.2) is 0 Å². The normalized spacial score (nSPS) is 9.90. The lowest BCUT2D eigenvalue weighted by molar-refractivity contribution is 0.350. The van der Waals surface area contributed by atoms with Crippen molar-refractivity contribution in [3.05, 3.63) is 65.2 Å². The molecular formula is C17H15F2NO. The summed E-state index contributed by atoms with van der Waals surface area (Å²) in [6.45, 7) is 0.185. The zero-order valence-electron chi connectivity index (χ0n) is 11.6. The molecule has 1 N–H and O–H groups in total. The maximum absolute atomic E-state index is 13.6. The number of benzene rings is 2. The molecule has 0 spiro atoms. The highest BCUT2D eigenvalue weighted by Gasteiger charge is 2.06. The lowest BCUT2D eigenvalue weighted by atomic mass is 10.1. The van der Waals surface area contributed by atoms with Gasteiger partial charge in [-0.25, -0.2) is 8.78 Å². The number of rotatable bonds is 3. The molecule has 0 saturated carbocycles. The van der Waals surface area contributed by atoms with Crippen LogP contribution in [-0.4, -0.2) is 18.8 Å². The first-order chi connectivity index (χ1) is 10.1. The standard InChI is InChI=1S/C17H15F2NO/c1-20(16-6-2-5-15(18)11-16)12-13-7-8-17(19)14(10-13)4-3-9-21/h2,5-8,10-11,21H,9,12H2,1H3. The minimum Gasteiger partial charge on any atom is -0.384 e. The molecule has 0 saturated heterocycles. The van der Waals surface area contributed by atoms with Crippen LogP contribution in [0.5, 0.6) is 0 Å². The van der Waals surface area contributed by atoms with Crippen molar-refractivity contribution in [2.45, 2.75) is 6.54 Å². The quantitative estimate of drug-likeness (QED) is 0.877. The third-order valence-corrected chi connectivity index (χ3v) is 3.00. The maximum Gasteiger partial charge on any atom is 0.138 e.